The highest BCUT2D eigenvalue weighted by atomic mass is 35.5. The summed E-state index contributed by atoms with van der Waals surface area (Å²) in [6.45, 7) is 3.59. The molecule has 0 bridgehead atoms. The Labute approximate surface area is 93.2 Å². The largest absolute Gasteiger partial charge is 0.491 e. The van der Waals surface area contributed by atoms with Gasteiger partial charge in [0.25, 0.3) is 0 Å². The van der Waals surface area contributed by atoms with Crippen LogP contribution in [-0.4, -0.2) is 12.4 Å². The highest BCUT2D eigenvalue weighted by Gasteiger charge is 2.15. The first kappa shape index (κ1) is 11.5. The summed E-state index contributed by atoms with van der Waals surface area (Å²) in [5.41, 5.74) is 0.544. The predicted molar refractivity (Wildman–Crippen MR) is 57.3 cm³/mol. The Bertz CT molecular complexity index is 435. The van der Waals surface area contributed by atoms with Crippen LogP contribution in [-0.2, 0) is 0 Å². The second kappa shape index (κ2) is 4.81. The Balaban J connectivity index is 3.42. The molecule has 0 N–H and O–H groups in total. The number of benzene rings is 1. The lowest BCUT2D eigenvalue weighted by molar-refractivity contribution is 0.101. The molecule has 1 aromatic carbocycles. The molecule has 0 heterocycles. The third-order valence-corrected chi connectivity index (χ3v) is 2.19. The van der Waals surface area contributed by atoms with Gasteiger partial charge in [0, 0.05) is 5.56 Å². The first-order chi connectivity index (χ1) is 7.11. The van der Waals surface area contributed by atoms with Crippen LogP contribution >= 0.6 is 11.6 Å². The molecule has 4 heteroatoms. The van der Waals surface area contributed by atoms with E-state index in [4.69, 9.17) is 21.6 Å². The molecule has 1 aromatic rings. The van der Waals surface area contributed by atoms with E-state index in [2.05, 4.69) is 0 Å². The van der Waals surface area contributed by atoms with Crippen molar-refractivity contribution in [2.75, 3.05) is 6.61 Å². The first-order valence-corrected chi connectivity index (χ1v) is 4.86. The Morgan fingerprint density at radius 1 is 1.60 bits per heavy atom. The van der Waals surface area contributed by atoms with Gasteiger partial charge in [0.05, 0.1) is 11.6 Å². The van der Waals surface area contributed by atoms with Gasteiger partial charge in [0.2, 0.25) is 0 Å². The highest BCUT2D eigenvalue weighted by molar-refractivity contribution is 6.32. The maximum absolute atomic E-state index is 11.2. The summed E-state index contributed by atoms with van der Waals surface area (Å²) >= 11 is 5.88. The Hall–Kier alpha value is -1.53. The summed E-state index contributed by atoms with van der Waals surface area (Å²) in [7, 11) is 0. The molecule has 0 aromatic heterocycles. The Morgan fingerprint density at radius 3 is 2.73 bits per heavy atom. The lowest BCUT2D eigenvalue weighted by Gasteiger charge is -2.09. The van der Waals surface area contributed by atoms with Gasteiger partial charge in [0.1, 0.15) is 11.6 Å². The summed E-state index contributed by atoms with van der Waals surface area (Å²) in [5, 5.41) is 9.30. The van der Waals surface area contributed by atoms with E-state index < -0.39 is 0 Å². The van der Waals surface area contributed by atoms with Crippen LogP contribution in [0.4, 0.5) is 0 Å². The maximum atomic E-state index is 11.2. The molecule has 0 fully saturated rings. The van der Waals surface area contributed by atoms with Crippen molar-refractivity contribution in [2.45, 2.75) is 13.8 Å². The van der Waals surface area contributed by atoms with E-state index in [1.807, 2.05) is 6.07 Å². The lowest BCUT2D eigenvalue weighted by Crippen LogP contribution is -2.02. The van der Waals surface area contributed by atoms with E-state index in [1.165, 1.54) is 13.0 Å². The zero-order valence-electron chi connectivity index (χ0n) is 8.50. The van der Waals surface area contributed by atoms with Crippen molar-refractivity contribution in [3.63, 3.8) is 0 Å². The minimum absolute atomic E-state index is 0.177. The van der Waals surface area contributed by atoms with Gasteiger partial charge in [-0.3, -0.25) is 4.79 Å². The molecule has 0 radical (unpaired) electrons. The molecule has 15 heavy (non-hydrogen) atoms. The summed E-state index contributed by atoms with van der Waals surface area (Å²) in [6, 6.07) is 5.03. The van der Waals surface area contributed by atoms with Gasteiger partial charge in [-0.05, 0) is 26.0 Å². The number of ether oxygens (including phenoxy) is 1. The smallest absolute Gasteiger partial charge is 0.161 e. The van der Waals surface area contributed by atoms with Crippen LogP contribution in [0.1, 0.15) is 29.8 Å². The second-order valence-corrected chi connectivity index (χ2v) is 3.31. The fourth-order valence-electron chi connectivity index (χ4n) is 1.25. The van der Waals surface area contributed by atoms with E-state index >= 15 is 0 Å². The monoisotopic (exact) mass is 223 g/mol. The number of hydrogen-bond acceptors (Lipinski definition) is 3. The third-order valence-electron chi connectivity index (χ3n) is 1.89. The summed E-state index contributed by atoms with van der Waals surface area (Å²) in [5.74, 6) is 0.110. The molecule has 0 amide bonds. The summed E-state index contributed by atoms with van der Waals surface area (Å²) in [4.78, 5) is 11.2. The van der Waals surface area contributed by atoms with Gasteiger partial charge in [-0.25, -0.2) is 0 Å². The van der Waals surface area contributed by atoms with Crippen molar-refractivity contribution in [1.82, 2.24) is 0 Å². The van der Waals surface area contributed by atoms with Gasteiger partial charge in [-0.15, -0.1) is 0 Å². The molecule has 1 rings (SSSR count). The van der Waals surface area contributed by atoms with E-state index in [-0.39, 0.29) is 17.1 Å². The van der Waals surface area contributed by atoms with Crippen LogP contribution in [0.25, 0.3) is 0 Å². The molecule has 0 aliphatic rings. The summed E-state index contributed by atoms with van der Waals surface area (Å²) in [6.07, 6.45) is 0. The molecule has 3 nitrogen and oxygen atoms in total. The number of nitrogens with zero attached hydrogens (tertiary/aromatic N) is 1. The maximum Gasteiger partial charge on any atom is 0.161 e. The van der Waals surface area contributed by atoms with Crippen molar-refractivity contribution in [1.29, 1.82) is 5.26 Å². The molecular weight excluding hydrogens is 214 g/mol. The number of hydrogen-bond donors (Lipinski definition) is 0. The molecule has 0 spiro atoms. The molecule has 0 saturated heterocycles. The van der Waals surface area contributed by atoms with Crippen molar-refractivity contribution in [3.8, 4) is 11.8 Å². The number of ketones is 1. The average molecular weight is 224 g/mol. The molecule has 0 atom stereocenters. The van der Waals surface area contributed by atoms with Crippen molar-refractivity contribution >= 4 is 17.4 Å². The van der Waals surface area contributed by atoms with Crippen LogP contribution in [0.2, 0.25) is 5.02 Å². The topological polar surface area (TPSA) is 50.1 Å². The number of carbonyl (C=O) groups is 1. The SMILES string of the molecule is CCOc1c(Cl)ccc(C(C)=O)c1C#N. The molecule has 78 valence electrons. The average Bonchev–Trinajstić information content (AvgIpc) is 2.20. The number of halogens is 1. The van der Waals surface area contributed by atoms with Crippen LogP contribution in [0.5, 0.6) is 5.75 Å². The number of nitriles is 1. The van der Waals surface area contributed by atoms with E-state index in [0.717, 1.165) is 0 Å². The Kier molecular flexibility index (Phi) is 3.70. The van der Waals surface area contributed by atoms with Gasteiger partial charge in [-0.1, -0.05) is 11.6 Å². The second-order valence-electron chi connectivity index (χ2n) is 2.90. The minimum atomic E-state index is -0.177. The van der Waals surface area contributed by atoms with E-state index in [0.29, 0.717) is 17.2 Å². The van der Waals surface area contributed by atoms with Crippen molar-refractivity contribution in [2.24, 2.45) is 0 Å². The summed E-state index contributed by atoms with van der Waals surface area (Å²) < 4.78 is 5.24. The predicted octanol–water partition coefficient (Wildman–Crippen LogP) is 2.81. The molecule has 0 aliphatic carbocycles. The van der Waals surface area contributed by atoms with Crippen molar-refractivity contribution in [3.05, 3.63) is 28.3 Å². The zero-order valence-corrected chi connectivity index (χ0v) is 9.26. The fraction of sp³-hybridized carbons (Fsp3) is 0.273. The molecule has 0 saturated carbocycles. The van der Waals surface area contributed by atoms with Gasteiger partial charge in [-0.2, -0.15) is 5.26 Å². The Morgan fingerprint density at radius 2 is 2.27 bits per heavy atom. The van der Waals surface area contributed by atoms with Crippen LogP contribution < -0.4 is 4.74 Å². The highest BCUT2D eigenvalue weighted by Crippen LogP contribution is 2.31. The zero-order chi connectivity index (χ0) is 11.4. The van der Waals surface area contributed by atoms with E-state index in [1.54, 1.807) is 13.0 Å². The molecule has 0 aliphatic heterocycles. The third kappa shape index (κ3) is 2.28. The van der Waals surface area contributed by atoms with Crippen LogP contribution in [0.15, 0.2) is 12.1 Å². The van der Waals surface area contributed by atoms with Gasteiger partial charge in [0.15, 0.2) is 11.5 Å². The molecule has 0 unspecified atom stereocenters. The minimum Gasteiger partial charge on any atom is -0.491 e. The van der Waals surface area contributed by atoms with E-state index in [9.17, 15) is 4.79 Å². The van der Waals surface area contributed by atoms with Crippen LogP contribution in [0.3, 0.4) is 0 Å². The quantitative estimate of drug-likeness (QED) is 0.741. The standard InChI is InChI=1S/C11H10ClNO2/c1-3-15-11-9(6-13)8(7(2)14)4-5-10(11)12/h4-5H,3H2,1-2H3. The number of rotatable bonds is 3. The van der Waals surface area contributed by atoms with Crippen LogP contribution in [0, 0.1) is 11.3 Å². The number of Topliss-reactive ketones (excluding diaryl/α,β-unsaturated/α-hetero) is 1. The number of carbonyl (C=O) groups excluding carboxylic acids is 1. The normalized spacial score (nSPS) is 9.47. The molecular formula is C11H10ClNO2. The van der Waals surface area contributed by atoms with Gasteiger partial charge >= 0.3 is 0 Å². The van der Waals surface area contributed by atoms with Gasteiger partial charge < -0.3 is 4.74 Å². The lowest BCUT2D eigenvalue weighted by atomic mass is 10.0. The fourth-order valence-corrected chi connectivity index (χ4v) is 1.46. The van der Waals surface area contributed by atoms with Crippen molar-refractivity contribution < 1.29 is 9.53 Å². The first-order valence-electron chi connectivity index (χ1n) is 4.48.